The number of hydrogen-bond acceptors (Lipinski definition) is 4. The zero-order chi connectivity index (χ0) is 13.1. The number of nitro groups is 1. The number of rotatable bonds is 4. The van der Waals surface area contributed by atoms with E-state index in [1.807, 2.05) is 0 Å². The molecule has 18 heavy (non-hydrogen) atoms. The Morgan fingerprint density at radius 2 is 2.06 bits per heavy atom. The second-order valence-electron chi connectivity index (χ2n) is 3.61. The minimum absolute atomic E-state index is 0.00263. The van der Waals surface area contributed by atoms with E-state index < -0.39 is 10.9 Å². The van der Waals surface area contributed by atoms with E-state index in [0.717, 1.165) is 5.56 Å². The van der Waals surface area contributed by atoms with Gasteiger partial charge in [-0.25, -0.2) is 9.78 Å². The van der Waals surface area contributed by atoms with Gasteiger partial charge in [0.1, 0.15) is 0 Å². The molecule has 7 heteroatoms. The first-order chi connectivity index (χ1) is 8.58. The Morgan fingerprint density at radius 3 is 2.61 bits per heavy atom. The predicted molar refractivity (Wildman–Crippen MR) is 61.4 cm³/mol. The largest absolute Gasteiger partial charge is 0.475 e. The van der Waals surface area contributed by atoms with Gasteiger partial charge in [-0.15, -0.1) is 0 Å². The molecule has 0 aliphatic rings. The molecular formula is C11H9N3O4. The van der Waals surface area contributed by atoms with E-state index in [9.17, 15) is 14.9 Å². The van der Waals surface area contributed by atoms with Crippen LogP contribution in [0.25, 0.3) is 0 Å². The van der Waals surface area contributed by atoms with Crippen molar-refractivity contribution < 1.29 is 14.8 Å². The van der Waals surface area contributed by atoms with E-state index in [2.05, 4.69) is 4.98 Å². The minimum atomic E-state index is -1.11. The van der Waals surface area contributed by atoms with Crippen LogP contribution in [0.1, 0.15) is 16.2 Å². The van der Waals surface area contributed by atoms with Gasteiger partial charge in [-0.05, 0) is 5.56 Å². The van der Waals surface area contributed by atoms with Crippen LogP contribution in [-0.2, 0) is 6.54 Å². The summed E-state index contributed by atoms with van der Waals surface area (Å²) in [7, 11) is 0. The molecule has 1 heterocycles. The van der Waals surface area contributed by atoms with Crippen molar-refractivity contribution in [3.63, 3.8) is 0 Å². The number of carboxylic acid groups (broad SMARTS) is 1. The summed E-state index contributed by atoms with van der Waals surface area (Å²) < 4.78 is 1.46. The molecule has 2 aromatic rings. The lowest BCUT2D eigenvalue weighted by atomic mass is 10.2. The number of carbonyl (C=O) groups is 1. The number of nitrogens with zero attached hydrogens (tertiary/aromatic N) is 3. The lowest BCUT2D eigenvalue weighted by Gasteiger charge is -2.04. The average Bonchev–Trinajstić information content (AvgIpc) is 2.78. The molecule has 2 rings (SSSR count). The lowest BCUT2D eigenvalue weighted by molar-refractivity contribution is -0.384. The number of benzene rings is 1. The highest BCUT2D eigenvalue weighted by Gasteiger charge is 2.11. The van der Waals surface area contributed by atoms with Crippen LogP contribution in [0.2, 0.25) is 0 Å². The van der Waals surface area contributed by atoms with Crippen LogP contribution in [0.3, 0.4) is 0 Å². The highest BCUT2D eigenvalue weighted by atomic mass is 16.6. The number of nitro benzene ring substituents is 1. The van der Waals surface area contributed by atoms with Crippen LogP contribution < -0.4 is 0 Å². The van der Waals surface area contributed by atoms with Crippen molar-refractivity contribution in [1.82, 2.24) is 9.55 Å². The van der Waals surface area contributed by atoms with Crippen molar-refractivity contribution in [2.24, 2.45) is 0 Å². The SMILES string of the molecule is O=C(O)c1nccn1Cc1ccc([N+](=O)[O-])cc1. The third-order valence-corrected chi connectivity index (χ3v) is 2.41. The van der Waals surface area contributed by atoms with Gasteiger partial charge in [0.05, 0.1) is 4.92 Å². The smallest absolute Gasteiger partial charge is 0.372 e. The highest BCUT2D eigenvalue weighted by Crippen LogP contribution is 2.13. The summed E-state index contributed by atoms with van der Waals surface area (Å²) in [6.45, 7) is 0.305. The normalized spacial score (nSPS) is 10.2. The summed E-state index contributed by atoms with van der Waals surface area (Å²) in [6.07, 6.45) is 2.94. The van der Waals surface area contributed by atoms with Crippen molar-refractivity contribution in [3.05, 3.63) is 58.2 Å². The van der Waals surface area contributed by atoms with E-state index in [4.69, 9.17) is 5.11 Å². The molecule has 0 aliphatic carbocycles. The number of hydrogen-bond donors (Lipinski definition) is 1. The second kappa shape index (κ2) is 4.66. The van der Waals surface area contributed by atoms with Crippen molar-refractivity contribution in [3.8, 4) is 0 Å². The van der Waals surface area contributed by atoms with Gasteiger partial charge in [0.2, 0.25) is 5.82 Å². The molecule has 1 aromatic heterocycles. The van der Waals surface area contributed by atoms with Gasteiger partial charge in [-0.1, -0.05) is 12.1 Å². The molecule has 0 amide bonds. The van der Waals surface area contributed by atoms with Crippen LogP contribution >= 0.6 is 0 Å². The molecule has 0 unspecified atom stereocenters. The van der Waals surface area contributed by atoms with E-state index in [1.54, 1.807) is 18.3 Å². The van der Waals surface area contributed by atoms with Gasteiger partial charge in [0.25, 0.3) is 5.69 Å². The van der Waals surface area contributed by atoms with Crippen LogP contribution in [0.15, 0.2) is 36.7 Å². The molecule has 92 valence electrons. The molecular weight excluding hydrogens is 238 g/mol. The maximum atomic E-state index is 10.8. The van der Waals surface area contributed by atoms with Crippen LogP contribution in [0, 0.1) is 10.1 Å². The monoisotopic (exact) mass is 247 g/mol. The molecule has 1 aromatic carbocycles. The van der Waals surface area contributed by atoms with Gasteiger partial charge in [-0.3, -0.25) is 10.1 Å². The first kappa shape index (κ1) is 11.8. The summed E-state index contributed by atoms with van der Waals surface area (Å²) in [4.78, 5) is 24.6. The van der Waals surface area contributed by atoms with E-state index in [1.165, 1.54) is 22.9 Å². The Kier molecular flexibility index (Phi) is 3.05. The van der Waals surface area contributed by atoms with E-state index in [-0.39, 0.29) is 11.5 Å². The predicted octanol–water partition coefficient (Wildman–Crippen LogP) is 1.54. The summed E-state index contributed by atoms with van der Waals surface area (Å²) in [5.74, 6) is -1.17. The van der Waals surface area contributed by atoms with Crippen molar-refractivity contribution >= 4 is 11.7 Å². The number of imidazole rings is 1. The van der Waals surface area contributed by atoms with Gasteiger partial charge < -0.3 is 9.67 Å². The van der Waals surface area contributed by atoms with Crippen molar-refractivity contribution in [1.29, 1.82) is 0 Å². The molecule has 7 nitrogen and oxygen atoms in total. The molecule has 0 saturated carbocycles. The fourth-order valence-corrected chi connectivity index (χ4v) is 1.55. The third kappa shape index (κ3) is 2.34. The molecule has 1 N–H and O–H groups in total. The zero-order valence-corrected chi connectivity index (χ0v) is 9.18. The van der Waals surface area contributed by atoms with Gasteiger partial charge >= 0.3 is 5.97 Å². The molecule has 0 fully saturated rings. The summed E-state index contributed by atoms with van der Waals surface area (Å²) in [5, 5.41) is 19.4. The topological polar surface area (TPSA) is 98.3 Å². The first-order valence-corrected chi connectivity index (χ1v) is 5.05. The summed E-state index contributed by atoms with van der Waals surface area (Å²) >= 11 is 0. The molecule has 0 bridgehead atoms. The number of aromatic carboxylic acids is 1. The van der Waals surface area contributed by atoms with Crippen LogP contribution in [-0.4, -0.2) is 25.6 Å². The van der Waals surface area contributed by atoms with E-state index >= 15 is 0 Å². The summed E-state index contributed by atoms with van der Waals surface area (Å²) in [5.41, 5.74) is 0.768. The molecule has 0 saturated heterocycles. The maximum absolute atomic E-state index is 10.8. The van der Waals surface area contributed by atoms with Crippen LogP contribution in [0.5, 0.6) is 0 Å². The van der Waals surface area contributed by atoms with Gasteiger partial charge in [-0.2, -0.15) is 0 Å². The van der Waals surface area contributed by atoms with E-state index in [0.29, 0.717) is 6.54 Å². The quantitative estimate of drug-likeness (QED) is 0.652. The fraction of sp³-hybridized carbons (Fsp3) is 0.0909. The van der Waals surface area contributed by atoms with Crippen LogP contribution in [0.4, 0.5) is 5.69 Å². The molecule has 0 aliphatic heterocycles. The minimum Gasteiger partial charge on any atom is -0.475 e. The zero-order valence-electron chi connectivity index (χ0n) is 9.18. The average molecular weight is 247 g/mol. The Hall–Kier alpha value is -2.70. The Balaban J connectivity index is 2.21. The standard InChI is InChI=1S/C11H9N3O4/c15-11(16)10-12-5-6-13(10)7-8-1-3-9(4-2-8)14(17)18/h1-6H,7H2,(H,15,16). The Bertz CT molecular complexity index is 589. The van der Waals surface area contributed by atoms with Gasteiger partial charge in [0.15, 0.2) is 0 Å². The number of aromatic nitrogens is 2. The maximum Gasteiger partial charge on any atom is 0.372 e. The third-order valence-electron chi connectivity index (χ3n) is 2.41. The molecule has 0 atom stereocenters. The second-order valence-corrected chi connectivity index (χ2v) is 3.61. The van der Waals surface area contributed by atoms with Crippen molar-refractivity contribution in [2.45, 2.75) is 6.54 Å². The molecule has 0 radical (unpaired) electrons. The highest BCUT2D eigenvalue weighted by molar-refractivity contribution is 5.83. The fourth-order valence-electron chi connectivity index (χ4n) is 1.55. The Morgan fingerprint density at radius 1 is 1.39 bits per heavy atom. The Labute approximate surface area is 101 Å². The first-order valence-electron chi connectivity index (χ1n) is 5.05. The number of non-ortho nitro benzene ring substituents is 1. The van der Waals surface area contributed by atoms with Crippen molar-refractivity contribution in [2.75, 3.05) is 0 Å². The number of carboxylic acids is 1. The molecule has 0 spiro atoms. The lowest BCUT2D eigenvalue weighted by Crippen LogP contribution is -2.10. The van der Waals surface area contributed by atoms with Gasteiger partial charge in [0, 0.05) is 31.1 Å². The summed E-state index contributed by atoms with van der Waals surface area (Å²) in [6, 6.07) is 5.94.